The zero-order valence-electron chi connectivity index (χ0n) is 10.3. The second-order valence-corrected chi connectivity index (χ2v) is 4.71. The summed E-state index contributed by atoms with van der Waals surface area (Å²) < 4.78 is 12.8. The van der Waals surface area contributed by atoms with Crippen molar-refractivity contribution in [1.82, 2.24) is 5.32 Å². The van der Waals surface area contributed by atoms with Crippen LogP contribution in [0.25, 0.3) is 0 Å². The molecular formula is C13H15FN2O2. The molecule has 0 saturated carbocycles. The number of imide groups is 1. The number of urea groups is 1. The second-order valence-electron chi connectivity index (χ2n) is 4.71. The van der Waals surface area contributed by atoms with Gasteiger partial charge in [-0.3, -0.25) is 4.79 Å². The van der Waals surface area contributed by atoms with Crippen molar-refractivity contribution in [2.75, 3.05) is 4.90 Å². The molecule has 1 aromatic carbocycles. The van der Waals surface area contributed by atoms with Gasteiger partial charge < -0.3 is 5.32 Å². The summed E-state index contributed by atoms with van der Waals surface area (Å²) in [5.74, 6) is -0.457. The van der Waals surface area contributed by atoms with Crippen LogP contribution in [0, 0.1) is 11.7 Å². The highest BCUT2D eigenvalue weighted by atomic mass is 19.1. The maximum atomic E-state index is 12.8. The Kier molecular flexibility index (Phi) is 3.32. The standard InChI is InChI=1S/C13H15FN2O2/c1-8(2)11-7-12(17)16(13(18)15-11)10-5-3-9(14)4-6-10/h3-6,8,11H,7H2,1-2H3,(H,15,18). The molecule has 0 bridgehead atoms. The summed E-state index contributed by atoms with van der Waals surface area (Å²) in [4.78, 5) is 24.9. The summed E-state index contributed by atoms with van der Waals surface area (Å²) in [5, 5.41) is 2.78. The summed E-state index contributed by atoms with van der Waals surface area (Å²) >= 11 is 0. The van der Waals surface area contributed by atoms with Crippen molar-refractivity contribution in [2.24, 2.45) is 5.92 Å². The minimum Gasteiger partial charge on any atom is -0.334 e. The van der Waals surface area contributed by atoms with Gasteiger partial charge in [-0.2, -0.15) is 0 Å². The van der Waals surface area contributed by atoms with E-state index in [1.165, 1.54) is 24.3 Å². The van der Waals surface area contributed by atoms with E-state index < -0.39 is 11.8 Å². The number of halogens is 1. The maximum Gasteiger partial charge on any atom is 0.328 e. The van der Waals surface area contributed by atoms with E-state index in [0.717, 1.165) is 4.90 Å². The largest absolute Gasteiger partial charge is 0.334 e. The molecule has 4 nitrogen and oxygen atoms in total. The molecule has 1 heterocycles. The van der Waals surface area contributed by atoms with Crippen LogP contribution in [0.15, 0.2) is 24.3 Å². The first-order valence-corrected chi connectivity index (χ1v) is 5.88. The van der Waals surface area contributed by atoms with Crippen molar-refractivity contribution < 1.29 is 14.0 Å². The van der Waals surface area contributed by atoms with E-state index in [1.54, 1.807) is 0 Å². The van der Waals surface area contributed by atoms with Crippen LogP contribution >= 0.6 is 0 Å². The Morgan fingerprint density at radius 1 is 1.28 bits per heavy atom. The number of rotatable bonds is 2. The molecule has 0 radical (unpaired) electrons. The first-order chi connectivity index (χ1) is 8.49. The van der Waals surface area contributed by atoms with Crippen molar-refractivity contribution in [3.05, 3.63) is 30.1 Å². The van der Waals surface area contributed by atoms with Gasteiger partial charge in [0.2, 0.25) is 5.91 Å². The molecule has 0 aliphatic carbocycles. The molecular weight excluding hydrogens is 235 g/mol. The third kappa shape index (κ3) is 2.34. The fourth-order valence-corrected chi connectivity index (χ4v) is 1.92. The lowest BCUT2D eigenvalue weighted by Crippen LogP contribution is -2.56. The van der Waals surface area contributed by atoms with E-state index in [-0.39, 0.29) is 24.3 Å². The molecule has 3 amide bonds. The number of nitrogens with zero attached hydrogens (tertiary/aromatic N) is 1. The number of benzene rings is 1. The van der Waals surface area contributed by atoms with Crippen molar-refractivity contribution in [1.29, 1.82) is 0 Å². The van der Waals surface area contributed by atoms with Gasteiger partial charge in [0.05, 0.1) is 5.69 Å². The van der Waals surface area contributed by atoms with Gasteiger partial charge in [-0.15, -0.1) is 0 Å². The van der Waals surface area contributed by atoms with Crippen LogP contribution in [0.4, 0.5) is 14.9 Å². The maximum absolute atomic E-state index is 12.8. The number of hydrogen-bond donors (Lipinski definition) is 1. The number of carbonyl (C=O) groups is 2. The van der Waals surface area contributed by atoms with Crippen molar-refractivity contribution in [3.63, 3.8) is 0 Å². The highest BCUT2D eigenvalue weighted by molar-refractivity contribution is 6.16. The molecule has 1 atom stereocenters. The molecule has 96 valence electrons. The lowest BCUT2D eigenvalue weighted by atomic mass is 9.98. The number of anilines is 1. The summed E-state index contributed by atoms with van der Waals surface area (Å²) in [6.45, 7) is 3.90. The smallest absolute Gasteiger partial charge is 0.328 e. The molecule has 0 aromatic heterocycles. The summed E-state index contributed by atoms with van der Waals surface area (Å²) in [5.41, 5.74) is 0.390. The number of carbonyl (C=O) groups excluding carboxylic acids is 2. The van der Waals surface area contributed by atoms with Crippen LogP contribution in [0.2, 0.25) is 0 Å². The minimum absolute atomic E-state index is 0.137. The van der Waals surface area contributed by atoms with E-state index in [1.807, 2.05) is 13.8 Å². The van der Waals surface area contributed by atoms with E-state index in [9.17, 15) is 14.0 Å². The quantitative estimate of drug-likeness (QED) is 0.875. The van der Waals surface area contributed by atoms with E-state index >= 15 is 0 Å². The van der Waals surface area contributed by atoms with Crippen LogP contribution in [0.5, 0.6) is 0 Å². The third-order valence-electron chi connectivity index (χ3n) is 3.05. The molecule has 1 N–H and O–H groups in total. The van der Waals surface area contributed by atoms with Gasteiger partial charge in [-0.05, 0) is 30.2 Å². The molecule has 0 spiro atoms. The fourth-order valence-electron chi connectivity index (χ4n) is 1.92. The zero-order chi connectivity index (χ0) is 13.3. The molecule has 2 rings (SSSR count). The summed E-state index contributed by atoms with van der Waals surface area (Å²) in [6, 6.07) is 4.71. The van der Waals surface area contributed by atoms with Gasteiger partial charge in [-0.1, -0.05) is 13.8 Å². The number of nitrogens with one attached hydrogen (secondary N) is 1. The lowest BCUT2D eigenvalue weighted by Gasteiger charge is -2.33. The average Bonchev–Trinajstić information content (AvgIpc) is 2.30. The summed E-state index contributed by atoms with van der Waals surface area (Å²) in [7, 11) is 0. The predicted octanol–water partition coefficient (Wildman–Crippen LogP) is 2.30. The van der Waals surface area contributed by atoms with Gasteiger partial charge in [0.25, 0.3) is 0 Å². The average molecular weight is 250 g/mol. The Balaban J connectivity index is 2.22. The Morgan fingerprint density at radius 2 is 1.89 bits per heavy atom. The first kappa shape index (κ1) is 12.5. The second kappa shape index (κ2) is 4.76. The monoisotopic (exact) mass is 250 g/mol. The van der Waals surface area contributed by atoms with Crippen molar-refractivity contribution in [3.8, 4) is 0 Å². The Bertz CT molecular complexity index is 452. The molecule has 1 aliphatic rings. The third-order valence-corrected chi connectivity index (χ3v) is 3.05. The SMILES string of the molecule is CC(C)C1CC(=O)N(c2ccc(F)cc2)C(=O)N1. The Morgan fingerprint density at radius 3 is 2.39 bits per heavy atom. The molecule has 1 aromatic rings. The van der Waals surface area contributed by atoms with E-state index in [4.69, 9.17) is 0 Å². The van der Waals surface area contributed by atoms with Gasteiger partial charge in [0.1, 0.15) is 5.82 Å². The van der Waals surface area contributed by atoms with E-state index in [0.29, 0.717) is 5.69 Å². The molecule has 18 heavy (non-hydrogen) atoms. The Hall–Kier alpha value is -1.91. The van der Waals surface area contributed by atoms with Crippen LogP contribution in [0.1, 0.15) is 20.3 Å². The van der Waals surface area contributed by atoms with Gasteiger partial charge in [0, 0.05) is 12.5 Å². The van der Waals surface area contributed by atoms with Crippen LogP contribution in [0.3, 0.4) is 0 Å². The highest BCUT2D eigenvalue weighted by Gasteiger charge is 2.34. The number of amides is 3. The predicted molar refractivity (Wildman–Crippen MR) is 65.7 cm³/mol. The highest BCUT2D eigenvalue weighted by Crippen LogP contribution is 2.21. The van der Waals surface area contributed by atoms with Crippen molar-refractivity contribution in [2.45, 2.75) is 26.3 Å². The molecule has 5 heteroatoms. The fraction of sp³-hybridized carbons (Fsp3) is 0.385. The normalized spacial score (nSPS) is 20.2. The number of hydrogen-bond acceptors (Lipinski definition) is 2. The van der Waals surface area contributed by atoms with Crippen LogP contribution in [-0.4, -0.2) is 18.0 Å². The first-order valence-electron chi connectivity index (χ1n) is 5.88. The molecule has 1 aliphatic heterocycles. The molecule has 1 fully saturated rings. The molecule has 1 saturated heterocycles. The van der Waals surface area contributed by atoms with Gasteiger partial charge in [-0.25, -0.2) is 14.1 Å². The zero-order valence-corrected chi connectivity index (χ0v) is 10.3. The van der Waals surface area contributed by atoms with Crippen LogP contribution < -0.4 is 10.2 Å². The molecule has 1 unspecified atom stereocenters. The summed E-state index contributed by atoms with van der Waals surface area (Å²) in [6.07, 6.45) is 0.265. The van der Waals surface area contributed by atoms with E-state index in [2.05, 4.69) is 5.32 Å². The lowest BCUT2D eigenvalue weighted by molar-refractivity contribution is -0.119. The Labute approximate surface area is 105 Å². The van der Waals surface area contributed by atoms with Gasteiger partial charge >= 0.3 is 6.03 Å². The minimum atomic E-state index is -0.448. The van der Waals surface area contributed by atoms with Crippen molar-refractivity contribution >= 4 is 17.6 Å². The topological polar surface area (TPSA) is 49.4 Å². The van der Waals surface area contributed by atoms with Crippen LogP contribution in [-0.2, 0) is 4.79 Å². The van der Waals surface area contributed by atoms with Gasteiger partial charge in [0.15, 0.2) is 0 Å².